The van der Waals surface area contributed by atoms with Crippen molar-refractivity contribution in [2.24, 2.45) is 0 Å². The molecule has 0 amide bonds. The SMILES string of the molecule is CC(=O)OC[C@@H](OC(C)=O)[C@H](OC(C)=O)[C@@H](C#N)OC(C)=O. The van der Waals surface area contributed by atoms with E-state index in [9.17, 15) is 19.2 Å². The van der Waals surface area contributed by atoms with Crippen LogP contribution in [-0.4, -0.2) is 48.8 Å². The largest absolute Gasteiger partial charge is 0.462 e. The molecule has 0 bridgehead atoms. The summed E-state index contributed by atoms with van der Waals surface area (Å²) in [6.07, 6.45) is -4.26. The van der Waals surface area contributed by atoms with Crippen molar-refractivity contribution in [2.75, 3.05) is 6.61 Å². The smallest absolute Gasteiger partial charge is 0.304 e. The quantitative estimate of drug-likeness (QED) is 0.465. The number of hydrogen-bond donors (Lipinski definition) is 0. The second-order valence-corrected chi connectivity index (χ2v) is 4.18. The van der Waals surface area contributed by atoms with Crippen LogP contribution in [0.5, 0.6) is 0 Å². The van der Waals surface area contributed by atoms with Gasteiger partial charge in [0.25, 0.3) is 0 Å². The van der Waals surface area contributed by atoms with Crippen molar-refractivity contribution in [3.63, 3.8) is 0 Å². The van der Waals surface area contributed by atoms with Crippen LogP contribution in [0.3, 0.4) is 0 Å². The molecular formula is C13H17NO8. The third kappa shape index (κ3) is 7.84. The Bertz CT molecular complexity index is 481. The van der Waals surface area contributed by atoms with Gasteiger partial charge in [0.1, 0.15) is 12.7 Å². The molecular weight excluding hydrogens is 298 g/mol. The highest BCUT2D eigenvalue weighted by atomic mass is 16.6. The molecule has 0 rings (SSSR count). The minimum absolute atomic E-state index is 0.466. The van der Waals surface area contributed by atoms with Crippen LogP contribution >= 0.6 is 0 Å². The Kier molecular flexibility index (Phi) is 8.22. The fourth-order valence-electron chi connectivity index (χ4n) is 1.48. The zero-order valence-corrected chi connectivity index (χ0v) is 12.7. The lowest BCUT2D eigenvalue weighted by Gasteiger charge is -2.28. The third-order valence-corrected chi connectivity index (χ3v) is 2.16. The van der Waals surface area contributed by atoms with Gasteiger partial charge in [0, 0.05) is 27.7 Å². The standard InChI is InChI=1S/C13H17NO8/c1-7(15)19-6-12(21-9(3)17)13(22-10(4)18)11(5-14)20-8(2)16/h11-13H,6H2,1-4H3/t11-,12-,13-/m1/s1. The number of carbonyl (C=O) groups excluding carboxylic acids is 4. The zero-order chi connectivity index (χ0) is 17.3. The maximum absolute atomic E-state index is 11.2. The molecule has 0 aromatic rings. The first-order valence-electron chi connectivity index (χ1n) is 6.22. The normalized spacial score (nSPS) is 13.8. The molecule has 0 aliphatic carbocycles. The van der Waals surface area contributed by atoms with Gasteiger partial charge in [-0.1, -0.05) is 0 Å². The fourth-order valence-corrected chi connectivity index (χ4v) is 1.48. The van der Waals surface area contributed by atoms with Gasteiger partial charge in [0.15, 0.2) is 12.2 Å². The van der Waals surface area contributed by atoms with Crippen molar-refractivity contribution in [1.29, 1.82) is 5.26 Å². The van der Waals surface area contributed by atoms with Gasteiger partial charge in [-0.25, -0.2) is 0 Å². The first-order chi connectivity index (χ1) is 10.2. The topological polar surface area (TPSA) is 129 Å². The molecule has 0 N–H and O–H groups in total. The molecule has 0 heterocycles. The first-order valence-corrected chi connectivity index (χ1v) is 6.22. The summed E-state index contributed by atoms with van der Waals surface area (Å²) in [7, 11) is 0. The van der Waals surface area contributed by atoms with Gasteiger partial charge < -0.3 is 18.9 Å². The van der Waals surface area contributed by atoms with E-state index in [1.165, 1.54) is 0 Å². The molecule has 0 saturated heterocycles. The van der Waals surface area contributed by atoms with E-state index in [1.807, 2.05) is 0 Å². The average molecular weight is 315 g/mol. The van der Waals surface area contributed by atoms with Crippen LogP contribution in [0, 0.1) is 11.3 Å². The highest BCUT2D eigenvalue weighted by Gasteiger charge is 2.38. The number of nitrogens with zero attached hydrogens (tertiary/aromatic N) is 1. The highest BCUT2D eigenvalue weighted by Crippen LogP contribution is 2.14. The summed E-state index contributed by atoms with van der Waals surface area (Å²) in [6.45, 7) is 3.86. The van der Waals surface area contributed by atoms with Crippen molar-refractivity contribution in [1.82, 2.24) is 0 Å². The van der Waals surface area contributed by atoms with E-state index in [0.29, 0.717) is 0 Å². The molecule has 9 heteroatoms. The maximum atomic E-state index is 11.2. The molecule has 22 heavy (non-hydrogen) atoms. The molecule has 0 fully saturated rings. The van der Waals surface area contributed by atoms with Gasteiger partial charge in [0.2, 0.25) is 6.10 Å². The molecule has 0 aliphatic rings. The van der Waals surface area contributed by atoms with Gasteiger partial charge in [-0.05, 0) is 0 Å². The Morgan fingerprint density at radius 2 is 1.36 bits per heavy atom. The second-order valence-electron chi connectivity index (χ2n) is 4.18. The summed E-state index contributed by atoms with van der Waals surface area (Å²) in [5, 5.41) is 9.05. The molecule has 0 aromatic heterocycles. The van der Waals surface area contributed by atoms with Crippen molar-refractivity contribution < 1.29 is 38.1 Å². The lowest BCUT2D eigenvalue weighted by Crippen LogP contribution is -2.46. The van der Waals surface area contributed by atoms with Crippen molar-refractivity contribution in [3.05, 3.63) is 0 Å². The molecule has 0 radical (unpaired) electrons. The summed E-state index contributed by atoms with van der Waals surface area (Å²) in [5.74, 6) is -3.01. The number of ether oxygens (including phenoxy) is 4. The summed E-state index contributed by atoms with van der Waals surface area (Å²) >= 11 is 0. The lowest BCUT2D eigenvalue weighted by atomic mass is 10.1. The Balaban J connectivity index is 5.36. The lowest BCUT2D eigenvalue weighted by molar-refractivity contribution is -0.184. The van der Waals surface area contributed by atoms with E-state index in [2.05, 4.69) is 0 Å². The Labute approximate surface area is 127 Å². The Morgan fingerprint density at radius 3 is 1.73 bits per heavy atom. The van der Waals surface area contributed by atoms with Gasteiger partial charge >= 0.3 is 23.9 Å². The average Bonchev–Trinajstić information content (AvgIpc) is 2.37. The molecule has 122 valence electrons. The van der Waals surface area contributed by atoms with Crippen LogP contribution < -0.4 is 0 Å². The number of carbonyl (C=O) groups is 4. The Hall–Kier alpha value is -2.63. The van der Waals surface area contributed by atoms with Gasteiger partial charge in [0.05, 0.1) is 0 Å². The van der Waals surface area contributed by atoms with E-state index >= 15 is 0 Å². The van der Waals surface area contributed by atoms with Gasteiger partial charge in [-0.3, -0.25) is 19.2 Å². The molecule has 3 atom stereocenters. The monoisotopic (exact) mass is 315 g/mol. The van der Waals surface area contributed by atoms with Crippen LogP contribution in [0.25, 0.3) is 0 Å². The number of hydrogen-bond acceptors (Lipinski definition) is 9. The molecule has 9 nitrogen and oxygen atoms in total. The van der Waals surface area contributed by atoms with Crippen LogP contribution in [0.1, 0.15) is 27.7 Å². The van der Waals surface area contributed by atoms with Crippen molar-refractivity contribution in [3.8, 4) is 6.07 Å². The molecule has 0 saturated carbocycles. The fraction of sp³-hybridized carbons (Fsp3) is 0.615. The van der Waals surface area contributed by atoms with Crippen LogP contribution in [0.15, 0.2) is 0 Å². The van der Waals surface area contributed by atoms with E-state index in [1.54, 1.807) is 6.07 Å². The first kappa shape index (κ1) is 19.4. The predicted octanol–water partition coefficient (Wildman–Crippen LogP) is -0.132. The summed E-state index contributed by atoms with van der Waals surface area (Å²) in [4.78, 5) is 44.2. The second kappa shape index (κ2) is 9.33. The number of esters is 4. The summed E-state index contributed by atoms with van der Waals surface area (Å²) in [6, 6.07) is 1.63. The van der Waals surface area contributed by atoms with Gasteiger partial charge in [-0.15, -0.1) is 0 Å². The predicted molar refractivity (Wildman–Crippen MR) is 68.9 cm³/mol. The van der Waals surface area contributed by atoms with Crippen LogP contribution in [0.2, 0.25) is 0 Å². The third-order valence-electron chi connectivity index (χ3n) is 2.16. The summed E-state index contributed by atoms with van der Waals surface area (Å²) < 4.78 is 19.2. The van der Waals surface area contributed by atoms with Gasteiger partial charge in [-0.2, -0.15) is 5.26 Å². The minimum Gasteiger partial charge on any atom is -0.462 e. The van der Waals surface area contributed by atoms with Crippen molar-refractivity contribution in [2.45, 2.75) is 46.0 Å². The Morgan fingerprint density at radius 1 is 0.864 bits per heavy atom. The minimum atomic E-state index is -1.53. The maximum Gasteiger partial charge on any atom is 0.304 e. The summed E-state index contributed by atoms with van der Waals surface area (Å²) in [5.41, 5.74) is 0. The molecule has 0 aromatic carbocycles. The number of rotatable bonds is 7. The van der Waals surface area contributed by atoms with E-state index in [-0.39, 0.29) is 0 Å². The number of nitriles is 1. The van der Waals surface area contributed by atoms with E-state index in [0.717, 1.165) is 27.7 Å². The van der Waals surface area contributed by atoms with Crippen molar-refractivity contribution >= 4 is 23.9 Å². The van der Waals surface area contributed by atoms with E-state index < -0.39 is 48.8 Å². The molecule has 0 aliphatic heterocycles. The van der Waals surface area contributed by atoms with E-state index in [4.69, 9.17) is 24.2 Å². The molecule has 0 unspecified atom stereocenters. The van der Waals surface area contributed by atoms with Crippen LogP contribution in [-0.2, 0) is 38.1 Å². The molecule has 0 spiro atoms. The highest BCUT2D eigenvalue weighted by molar-refractivity contribution is 5.69. The van der Waals surface area contributed by atoms with Crippen LogP contribution in [0.4, 0.5) is 0 Å². The zero-order valence-electron chi connectivity index (χ0n) is 12.7.